The van der Waals surface area contributed by atoms with Gasteiger partial charge in [0.25, 0.3) is 17.3 Å². The molecule has 1 heterocycles. The fourth-order valence-corrected chi connectivity index (χ4v) is 4.38. The minimum Gasteiger partial charge on any atom is -0.327 e. The Balaban J connectivity index is 1.54. The van der Waals surface area contributed by atoms with Crippen molar-refractivity contribution in [2.45, 2.75) is 6.04 Å². The summed E-state index contributed by atoms with van der Waals surface area (Å²) in [6.07, 6.45) is 0. The van der Waals surface area contributed by atoms with Gasteiger partial charge in [0.15, 0.2) is 0 Å². The molecule has 33 heavy (non-hydrogen) atoms. The van der Waals surface area contributed by atoms with Crippen LogP contribution in [0.1, 0.15) is 27.5 Å². The van der Waals surface area contributed by atoms with Crippen molar-refractivity contribution < 1.29 is 19.5 Å². The number of nitrogens with one attached hydrogen (secondary N) is 1. The molecule has 0 radical (unpaired) electrons. The Morgan fingerprint density at radius 1 is 0.818 bits per heavy atom. The average Bonchev–Trinajstić information content (AvgIpc) is 2.85. The maximum Gasteiger partial charge on any atom is 0.289 e. The van der Waals surface area contributed by atoms with E-state index in [2.05, 4.69) is 24.3 Å². The average molecular weight is 447 g/mol. The van der Waals surface area contributed by atoms with Crippen LogP contribution >= 0.6 is 0 Å². The first-order chi connectivity index (χ1) is 16.0. The van der Waals surface area contributed by atoms with Crippen molar-refractivity contribution in [3.05, 3.63) is 116 Å². The maximum absolute atomic E-state index is 13.1. The normalized spacial score (nSPS) is 14.3. The number of nitrogens with zero attached hydrogens (tertiary/aromatic N) is 3. The lowest BCUT2D eigenvalue weighted by atomic mass is 9.96. The highest BCUT2D eigenvalue weighted by Gasteiger charge is 2.34. The third kappa shape index (κ3) is 4.73. The summed E-state index contributed by atoms with van der Waals surface area (Å²) < 4.78 is 0. The molecule has 0 aromatic heterocycles. The van der Waals surface area contributed by atoms with Gasteiger partial charge in [-0.2, -0.15) is 0 Å². The van der Waals surface area contributed by atoms with Crippen LogP contribution in [0.2, 0.25) is 0 Å². The van der Waals surface area contributed by atoms with Crippen LogP contribution in [0.3, 0.4) is 0 Å². The topological polar surface area (TPSA) is 111 Å². The van der Waals surface area contributed by atoms with Crippen molar-refractivity contribution in [1.29, 1.82) is 0 Å². The third-order valence-electron chi connectivity index (χ3n) is 5.99. The Morgan fingerprint density at radius 3 is 1.85 bits per heavy atom. The largest absolute Gasteiger partial charge is 0.327 e. The molecule has 0 spiro atoms. The lowest BCUT2D eigenvalue weighted by Crippen LogP contribution is -3.15. The molecule has 4 rings (SSSR count). The molecule has 0 atom stereocenters. The van der Waals surface area contributed by atoms with E-state index in [4.69, 9.17) is 0 Å². The van der Waals surface area contributed by atoms with E-state index < -0.39 is 27.1 Å². The molecule has 0 aliphatic carbocycles. The second-order valence-corrected chi connectivity index (χ2v) is 7.92. The second kappa shape index (κ2) is 9.58. The van der Waals surface area contributed by atoms with Gasteiger partial charge in [-0.05, 0) is 6.07 Å². The van der Waals surface area contributed by atoms with Crippen molar-refractivity contribution in [3.63, 3.8) is 0 Å². The van der Waals surface area contributed by atoms with Crippen molar-refractivity contribution in [3.8, 4) is 0 Å². The van der Waals surface area contributed by atoms with E-state index in [1.54, 1.807) is 4.90 Å². The Morgan fingerprint density at radius 2 is 1.36 bits per heavy atom. The molecule has 9 nitrogen and oxygen atoms in total. The minimum atomic E-state index is -0.747. The van der Waals surface area contributed by atoms with E-state index in [-0.39, 0.29) is 11.6 Å². The van der Waals surface area contributed by atoms with Gasteiger partial charge >= 0.3 is 0 Å². The zero-order valence-electron chi connectivity index (χ0n) is 17.8. The van der Waals surface area contributed by atoms with Crippen LogP contribution in [0, 0.1) is 20.2 Å². The number of amides is 1. The molecule has 0 saturated carbocycles. The number of non-ortho nitro benzene ring substituents is 1. The van der Waals surface area contributed by atoms with E-state index >= 15 is 0 Å². The zero-order valence-corrected chi connectivity index (χ0v) is 17.8. The zero-order chi connectivity index (χ0) is 23.4. The van der Waals surface area contributed by atoms with Gasteiger partial charge in [0.1, 0.15) is 11.6 Å². The van der Waals surface area contributed by atoms with Gasteiger partial charge in [0, 0.05) is 17.2 Å². The number of benzene rings is 3. The summed E-state index contributed by atoms with van der Waals surface area (Å²) in [6.45, 7) is 2.19. The first kappa shape index (κ1) is 22.1. The summed E-state index contributed by atoms with van der Waals surface area (Å²) in [6, 6.07) is 23.7. The number of hydrogen-bond donors (Lipinski definition) is 1. The summed E-state index contributed by atoms with van der Waals surface area (Å²) in [5, 5.41) is 22.4. The monoisotopic (exact) mass is 447 g/mol. The van der Waals surface area contributed by atoms with Crippen LogP contribution in [0.15, 0.2) is 78.9 Å². The van der Waals surface area contributed by atoms with Gasteiger partial charge in [0.05, 0.1) is 42.1 Å². The van der Waals surface area contributed by atoms with Gasteiger partial charge in [0.2, 0.25) is 0 Å². The lowest BCUT2D eigenvalue weighted by molar-refractivity contribution is -0.929. The molecule has 168 valence electrons. The molecular weight excluding hydrogens is 424 g/mol. The quantitative estimate of drug-likeness (QED) is 0.461. The van der Waals surface area contributed by atoms with Crippen LogP contribution in [-0.2, 0) is 0 Å². The molecule has 9 heteroatoms. The predicted molar refractivity (Wildman–Crippen MR) is 121 cm³/mol. The summed E-state index contributed by atoms with van der Waals surface area (Å²) in [7, 11) is 0. The molecule has 1 fully saturated rings. The van der Waals surface area contributed by atoms with E-state index in [9.17, 15) is 25.0 Å². The van der Waals surface area contributed by atoms with Gasteiger partial charge in [-0.15, -0.1) is 0 Å². The highest BCUT2D eigenvalue weighted by Crippen LogP contribution is 2.26. The Labute approximate surface area is 190 Å². The number of carbonyl (C=O) groups is 1. The second-order valence-electron chi connectivity index (χ2n) is 7.92. The summed E-state index contributed by atoms with van der Waals surface area (Å²) >= 11 is 0. The predicted octanol–water partition coefficient (Wildman–Crippen LogP) is 2.63. The first-order valence-corrected chi connectivity index (χ1v) is 10.6. The smallest absolute Gasteiger partial charge is 0.289 e. The Hall–Kier alpha value is -4.11. The summed E-state index contributed by atoms with van der Waals surface area (Å²) in [5.41, 5.74) is 1.28. The van der Waals surface area contributed by atoms with E-state index in [1.165, 1.54) is 22.1 Å². The number of piperazine rings is 1. The SMILES string of the molecule is O=C(c1ccc([N+](=O)[O-])cc1[N+](=O)[O-])N1CC[NH+](C(c2ccccc2)c2ccccc2)CC1. The van der Waals surface area contributed by atoms with Crippen LogP contribution < -0.4 is 4.90 Å². The van der Waals surface area contributed by atoms with Crippen LogP contribution in [0.5, 0.6) is 0 Å². The van der Waals surface area contributed by atoms with Crippen molar-refractivity contribution >= 4 is 17.3 Å². The Kier molecular flexibility index (Phi) is 6.41. The number of nitro groups is 2. The molecular formula is C24H23N4O5+. The summed E-state index contributed by atoms with van der Waals surface area (Å²) in [5.74, 6) is -0.480. The molecule has 1 aliphatic rings. The van der Waals surface area contributed by atoms with E-state index in [1.807, 2.05) is 36.4 Å². The minimum absolute atomic E-state index is 0.110. The standard InChI is InChI=1S/C24H22N4O5/c29-24(21-12-11-20(27(30)31)17-22(21)28(32)33)26-15-13-25(14-16-26)23(18-7-3-1-4-8-18)19-9-5-2-6-10-19/h1-12,17,23H,13-16H2/p+1. The molecule has 1 aliphatic heterocycles. The number of hydrogen-bond acceptors (Lipinski definition) is 5. The highest BCUT2D eigenvalue weighted by atomic mass is 16.6. The molecule has 0 unspecified atom stereocenters. The number of quaternary nitrogens is 1. The lowest BCUT2D eigenvalue weighted by Gasteiger charge is -2.37. The van der Waals surface area contributed by atoms with Gasteiger partial charge < -0.3 is 9.80 Å². The maximum atomic E-state index is 13.1. The van der Waals surface area contributed by atoms with Gasteiger partial charge in [-0.25, -0.2) is 0 Å². The third-order valence-corrected chi connectivity index (χ3v) is 5.99. The van der Waals surface area contributed by atoms with Crippen LogP contribution in [-0.4, -0.2) is 46.8 Å². The van der Waals surface area contributed by atoms with Crippen molar-refractivity contribution in [2.24, 2.45) is 0 Å². The van der Waals surface area contributed by atoms with Gasteiger partial charge in [-0.3, -0.25) is 25.0 Å². The molecule has 0 bridgehead atoms. The van der Waals surface area contributed by atoms with E-state index in [0.717, 1.165) is 12.1 Å². The molecule has 1 N–H and O–H groups in total. The first-order valence-electron chi connectivity index (χ1n) is 10.6. The number of rotatable bonds is 6. The van der Waals surface area contributed by atoms with Gasteiger partial charge in [-0.1, -0.05) is 60.7 Å². The van der Waals surface area contributed by atoms with Crippen LogP contribution in [0.4, 0.5) is 11.4 Å². The molecule has 3 aromatic rings. The highest BCUT2D eigenvalue weighted by molar-refractivity contribution is 5.98. The van der Waals surface area contributed by atoms with E-state index in [0.29, 0.717) is 26.2 Å². The summed E-state index contributed by atoms with van der Waals surface area (Å²) in [4.78, 5) is 36.9. The number of nitro benzene ring substituents is 2. The fraction of sp³-hybridized carbons (Fsp3) is 0.208. The van der Waals surface area contributed by atoms with Crippen molar-refractivity contribution in [1.82, 2.24) is 4.90 Å². The fourth-order valence-electron chi connectivity index (χ4n) is 4.38. The molecule has 3 aromatic carbocycles. The van der Waals surface area contributed by atoms with Crippen LogP contribution in [0.25, 0.3) is 0 Å². The van der Waals surface area contributed by atoms with Crippen molar-refractivity contribution in [2.75, 3.05) is 26.2 Å². The molecule has 1 saturated heterocycles. The number of carbonyl (C=O) groups excluding carboxylic acids is 1. The Bertz CT molecular complexity index is 1120. The molecule has 1 amide bonds.